The second kappa shape index (κ2) is 38.4. The maximum Gasteiger partial charge on any atom is 0.472 e. The Balaban J connectivity index is 4.18. The molecule has 50 heavy (non-hydrogen) atoms. The zero-order valence-electron chi connectivity index (χ0n) is 31.9. The van der Waals surface area contributed by atoms with E-state index < -0.39 is 13.9 Å². The fraction of sp³-hybridized carbons (Fsp3) is 0.732. The zero-order valence-corrected chi connectivity index (χ0v) is 32.8. The molecule has 0 spiro atoms. The van der Waals surface area contributed by atoms with Crippen LogP contribution in [0.1, 0.15) is 155 Å². The molecule has 0 aromatic heterocycles. The lowest BCUT2D eigenvalue weighted by Crippen LogP contribution is -2.28. The lowest BCUT2D eigenvalue weighted by atomic mass is 10.1. The third-order valence-corrected chi connectivity index (χ3v) is 8.99. The van der Waals surface area contributed by atoms with Crippen LogP contribution in [-0.2, 0) is 27.9 Å². The molecule has 2 atom stereocenters. The van der Waals surface area contributed by atoms with E-state index in [1.54, 1.807) is 0 Å². The quantitative estimate of drug-likeness (QED) is 0.0214. The van der Waals surface area contributed by atoms with Gasteiger partial charge in [-0.15, -0.1) is 0 Å². The molecule has 0 aromatic rings. The maximum atomic E-state index is 12.5. The molecule has 0 aliphatic rings. The summed E-state index contributed by atoms with van der Waals surface area (Å²) in [5, 5.41) is 0. The molecule has 2 unspecified atom stereocenters. The summed E-state index contributed by atoms with van der Waals surface area (Å²) in [5.41, 5.74) is 5.35. The van der Waals surface area contributed by atoms with Crippen LogP contribution in [0.4, 0.5) is 0 Å². The first-order chi connectivity index (χ1) is 24.4. The molecule has 0 rings (SSSR count). The molecular formula is C41H74NO7P. The normalized spacial score (nSPS) is 14.2. The molecule has 290 valence electrons. The van der Waals surface area contributed by atoms with Gasteiger partial charge in [0.05, 0.1) is 19.8 Å². The Morgan fingerprint density at radius 3 is 1.64 bits per heavy atom. The van der Waals surface area contributed by atoms with Crippen molar-refractivity contribution in [3.8, 4) is 0 Å². The van der Waals surface area contributed by atoms with Gasteiger partial charge in [-0.3, -0.25) is 13.8 Å². The Kier molecular flexibility index (Phi) is 37.0. The molecule has 0 aromatic carbocycles. The molecule has 0 saturated carbocycles. The molecule has 0 aliphatic carbocycles. The lowest BCUT2D eigenvalue weighted by molar-refractivity contribution is -0.154. The van der Waals surface area contributed by atoms with Gasteiger partial charge in [0.25, 0.3) is 0 Å². The van der Waals surface area contributed by atoms with Crippen molar-refractivity contribution in [3.63, 3.8) is 0 Å². The Bertz CT molecular complexity index is 947. The molecule has 0 radical (unpaired) electrons. The van der Waals surface area contributed by atoms with Crippen LogP contribution in [0, 0.1) is 0 Å². The Morgan fingerprint density at radius 1 is 0.600 bits per heavy atom. The predicted molar refractivity (Wildman–Crippen MR) is 210 cm³/mol. The average Bonchev–Trinajstić information content (AvgIpc) is 3.10. The standard InChI is InChI=1S/C41H74NO7P/c1-3-5-7-9-11-13-15-17-18-19-20-21-23-25-27-29-31-33-36-46-38-40(39-48-50(44,45)47-37-35-42)49-41(43)34-32-30-28-26-24-22-16-14-12-10-8-6-4-2/h13-21,23,40H,3-12,22,24-39,42H2,1-2H3,(H,44,45). The summed E-state index contributed by atoms with van der Waals surface area (Å²) in [6.07, 6.45) is 45.2. The van der Waals surface area contributed by atoms with Crippen LogP contribution < -0.4 is 5.73 Å². The summed E-state index contributed by atoms with van der Waals surface area (Å²) in [7, 11) is -4.29. The minimum absolute atomic E-state index is 0.0903. The maximum absolute atomic E-state index is 12.5. The fourth-order valence-electron chi connectivity index (χ4n) is 5.06. The molecular weight excluding hydrogens is 649 g/mol. The van der Waals surface area contributed by atoms with Crippen LogP contribution in [-0.4, -0.2) is 49.9 Å². The van der Waals surface area contributed by atoms with Gasteiger partial charge in [-0.05, 0) is 64.2 Å². The number of phosphoric acid groups is 1. The van der Waals surface area contributed by atoms with Crippen molar-refractivity contribution in [3.05, 3.63) is 60.8 Å². The third-order valence-electron chi connectivity index (χ3n) is 8.00. The summed E-state index contributed by atoms with van der Waals surface area (Å²) < 4.78 is 33.3. The number of carbonyl (C=O) groups excluding carboxylic acids is 1. The Morgan fingerprint density at radius 2 is 1.08 bits per heavy atom. The number of hydrogen-bond donors (Lipinski definition) is 2. The molecule has 3 N–H and O–H groups in total. The minimum atomic E-state index is -4.29. The van der Waals surface area contributed by atoms with Crippen LogP contribution in [0.2, 0.25) is 0 Å². The van der Waals surface area contributed by atoms with E-state index >= 15 is 0 Å². The molecule has 0 fully saturated rings. The summed E-state index contributed by atoms with van der Waals surface area (Å²) in [5.74, 6) is -0.354. The van der Waals surface area contributed by atoms with E-state index in [1.165, 1.54) is 64.2 Å². The van der Waals surface area contributed by atoms with E-state index in [4.69, 9.17) is 24.3 Å². The molecule has 0 heterocycles. The van der Waals surface area contributed by atoms with Crippen LogP contribution in [0.15, 0.2) is 60.8 Å². The van der Waals surface area contributed by atoms with Crippen LogP contribution in [0.5, 0.6) is 0 Å². The highest BCUT2D eigenvalue weighted by Crippen LogP contribution is 2.43. The van der Waals surface area contributed by atoms with Crippen LogP contribution >= 0.6 is 7.82 Å². The summed E-state index contributed by atoms with van der Waals surface area (Å²) in [4.78, 5) is 22.4. The van der Waals surface area contributed by atoms with E-state index in [0.29, 0.717) is 13.0 Å². The molecule has 9 heteroatoms. The highest BCUT2D eigenvalue weighted by atomic mass is 31.2. The van der Waals surface area contributed by atoms with Gasteiger partial charge in [0.2, 0.25) is 0 Å². The smallest absolute Gasteiger partial charge is 0.457 e. The van der Waals surface area contributed by atoms with Gasteiger partial charge in [0.15, 0.2) is 0 Å². The number of hydrogen-bond acceptors (Lipinski definition) is 7. The van der Waals surface area contributed by atoms with Gasteiger partial charge >= 0.3 is 13.8 Å². The number of nitrogens with two attached hydrogens (primary N) is 1. The molecule has 0 bridgehead atoms. The number of ether oxygens (including phenoxy) is 2. The summed E-state index contributed by atoms with van der Waals surface area (Å²) in [6, 6.07) is 0. The zero-order chi connectivity index (χ0) is 36.6. The summed E-state index contributed by atoms with van der Waals surface area (Å²) >= 11 is 0. The van der Waals surface area contributed by atoms with Crippen molar-refractivity contribution in [2.45, 2.75) is 161 Å². The second-order valence-electron chi connectivity index (χ2n) is 12.9. The number of allylic oxidation sites excluding steroid dienone is 10. The lowest BCUT2D eigenvalue weighted by Gasteiger charge is -2.20. The van der Waals surface area contributed by atoms with Gasteiger partial charge < -0.3 is 20.1 Å². The van der Waals surface area contributed by atoms with Crippen molar-refractivity contribution in [2.24, 2.45) is 5.73 Å². The van der Waals surface area contributed by atoms with Crippen molar-refractivity contribution in [1.29, 1.82) is 0 Å². The van der Waals surface area contributed by atoms with Crippen molar-refractivity contribution >= 4 is 13.8 Å². The number of unbranched alkanes of at least 4 members (excludes halogenated alkanes) is 17. The van der Waals surface area contributed by atoms with Gasteiger partial charge in [0, 0.05) is 19.6 Å². The average molecular weight is 724 g/mol. The van der Waals surface area contributed by atoms with Crippen molar-refractivity contribution < 1.29 is 32.8 Å². The van der Waals surface area contributed by atoms with Crippen LogP contribution in [0.25, 0.3) is 0 Å². The van der Waals surface area contributed by atoms with Crippen LogP contribution in [0.3, 0.4) is 0 Å². The van der Waals surface area contributed by atoms with E-state index in [1.807, 2.05) is 0 Å². The number of rotatable bonds is 37. The molecule has 0 aliphatic heterocycles. The first-order valence-corrected chi connectivity index (χ1v) is 21.3. The highest BCUT2D eigenvalue weighted by Gasteiger charge is 2.25. The SMILES string of the molecule is CCCCCCC=CC=CC=CC=CCCCCCCOCC(COP(=O)(O)OCCN)OC(=O)CCCCCCCC=CCCCCCC. The first-order valence-electron chi connectivity index (χ1n) is 19.8. The second-order valence-corrected chi connectivity index (χ2v) is 14.3. The van der Waals surface area contributed by atoms with Gasteiger partial charge in [0.1, 0.15) is 6.10 Å². The Labute approximate surface area is 306 Å². The first kappa shape index (κ1) is 48.2. The number of phosphoric ester groups is 1. The van der Waals surface area contributed by atoms with Crippen molar-refractivity contribution in [1.82, 2.24) is 0 Å². The predicted octanol–water partition coefficient (Wildman–Crippen LogP) is 11.4. The molecule has 0 amide bonds. The van der Waals surface area contributed by atoms with Gasteiger partial charge in [-0.1, -0.05) is 145 Å². The summed E-state index contributed by atoms with van der Waals surface area (Å²) in [6.45, 7) is 4.77. The monoisotopic (exact) mass is 724 g/mol. The fourth-order valence-corrected chi connectivity index (χ4v) is 5.83. The van der Waals surface area contributed by atoms with Gasteiger partial charge in [-0.25, -0.2) is 4.57 Å². The van der Waals surface area contributed by atoms with Gasteiger partial charge in [-0.2, -0.15) is 0 Å². The van der Waals surface area contributed by atoms with E-state index in [-0.39, 0.29) is 32.3 Å². The Hall–Kier alpha value is -1.80. The van der Waals surface area contributed by atoms with E-state index in [0.717, 1.165) is 70.6 Å². The third kappa shape index (κ3) is 37.5. The molecule has 0 saturated heterocycles. The van der Waals surface area contributed by atoms with E-state index in [2.05, 4.69) is 74.6 Å². The molecule has 8 nitrogen and oxygen atoms in total. The topological polar surface area (TPSA) is 117 Å². The van der Waals surface area contributed by atoms with E-state index in [9.17, 15) is 14.3 Å². The number of esters is 1. The highest BCUT2D eigenvalue weighted by molar-refractivity contribution is 7.47. The van der Waals surface area contributed by atoms with Crippen molar-refractivity contribution in [2.75, 3.05) is 33.0 Å². The minimum Gasteiger partial charge on any atom is -0.457 e. The number of carbonyl (C=O) groups is 1. The largest absolute Gasteiger partial charge is 0.472 e.